The van der Waals surface area contributed by atoms with Gasteiger partial charge >= 0.3 is 6.09 Å². The van der Waals surface area contributed by atoms with Crippen molar-refractivity contribution in [3.8, 4) is 0 Å². The molecule has 1 aliphatic heterocycles. The summed E-state index contributed by atoms with van der Waals surface area (Å²) in [7, 11) is 0. The van der Waals surface area contributed by atoms with Gasteiger partial charge in [-0.3, -0.25) is 15.0 Å². The molecule has 2 rings (SSSR count). The summed E-state index contributed by atoms with van der Waals surface area (Å²) in [5, 5.41) is 20.3. The number of halogens is 1. The molecule has 1 saturated heterocycles. The fraction of sp³-hybridized carbons (Fsp3) is 0.562. The number of aliphatic hydroxyl groups is 1. The van der Waals surface area contributed by atoms with E-state index in [1.54, 1.807) is 25.7 Å². The van der Waals surface area contributed by atoms with Gasteiger partial charge in [-0.15, -0.1) is 0 Å². The van der Waals surface area contributed by atoms with Crippen molar-refractivity contribution in [2.45, 2.75) is 32.4 Å². The molecule has 0 aromatic heterocycles. The normalized spacial score (nSPS) is 18.2. The Kier molecular flexibility index (Phi) is 5.46. The van der Waals surface area contributed by atoms with E-state index < -0.39 is 28.5 Å². The highest BCUT2D eigenvalue weighted by molar-refractivity contribution is 5.69. The van der Waals surface area contributed by atoms with Gasteiger partial charge < -0.3 is 14.7 Å². The van der Waals surface area contributed by atoms with Crippen LogP contribution in [0.4, 0.5) is 20.6 Å². The maximum Gasteiger partial charge on any atom is 0.410 e. The average Bonchev–Trinajstić information content (AvgIpc) is 2.52. The van der Waals surface area contributed by atoms with Crippen LogP contribution in [0.3, 0.4) is 0 Å². The number of piperazine rings is 1. The summed E-state index contributed by atoms with van der Waals surface area (Å²) < 4.78 is 19.5. The Morgan fingerprint density at radius 3 is 2.64 bits per heavy atom. The number of amides is 1. The lowest BCUT2D eigenvalue weighted by molar-refractivity contribution is -0.385. The summed E-state index contributed by atoms with van der Waals surface area (Å²) in [5.41, 5.74) is -0.779. The van der Waals surface area contributed by atoms with E-state index in [-0.39, 0.29) is 31.1 Å². The van der Waals surface area contributed by atoms with Crippen molar-refractivity contribution in [3.63, 3.8) is 0 Å². The minimum absolute atomic E-state index is 0.199. The molecule has 1 aromatic rings. The van der Waals surface area contributed by atoms with Gasteiger partial charge in [0.25, 0.3) is 5.69 Å². The van der Waals surface area contributed by atoms with Gasteiger partial charge in [0.2, 0.25) is 0 Å². The molecule has 1 aliphatic rings. The Balaban J connectivity index is 2.13. The lowest BCUT2D eigenvalue weighted by Crippen LogP contribution is -2.57. The molecular formula is C16H22FN3O5. The van der Waals surface area contributed by atoms with Crippen molar-refractivity contribution in [3.05, 3.63) is 34.1 Å². The van der Waals surface area contributed by atoms with Crippen molar-refractivity contribution in [1.82, 2.24) is 4.90 Å². The molecule has 0 spiro atoms. The standard InChI is InChI=1S/C16H22FN3O5/c1-16(2,3)25-15(22)19-7-6-18(9-12(19)10-21)14-5-4-11(20(23)24)8-13(14)17/h4-5,8,12,21H,6-7,9-10H2,1-3H3/t12-/m0/s1. The van der Waals surface area contributed by atoms with Crippen molar-refractivity contribution in [1.29, 1.82) is 0 Å². The number of ether oxygens (including phenoxy) is 1. The van der Waals surface area contributed by atoms with Gasteiger partial charge in [-0.1, -0.05) is 0 Å². The molecule has 0 radical (unpaired) electrons. The highest BCUT2D eigenvalue weighted by Crippen LogP contribution is 2.26. The van der Waals surface area contributed by atoms with Gasteiger partial charge in [0.15, 0.2) is 5.82 Å². The van der Waals surface area contributed by atoms with Crippen molar-refractivity contribution in [2.24, 2.45) is 0 Å². The Hall–Kier alpha value is -2.42. The minimum atomic E-state index is -0.711. The number of carbonyl (C=O) groups excluding carboxylic acids is 1. The SMILES string of the molecule is CC(C)(C)OC(=O)N1CCN(c2ccc([N+](=O)[O-])cc2F)C[C@H]1CO. The predicted octanol–water partition coefficient (Wildman–Crippen LogP) is 2.15. The van der Waals surface area contributed by atoms with Crippen molar-refractivity contribution < 1.29 is 24.0 Å². The average molecular weight is 355 g/mol. The molecule has 25 heavy (non-hydrogen) atoms. The van der Waals surface area contributed by atoms with Crippen LogP contribution in [0.2, 0.25) is 0 Å². The lowest BCUT2D eigenvalue weighted by atomic mass is 10.1. The molecule has 8 nitrogen and oxygen atoms in total. The van der Waals surface area contributed by atoms with Gasteiger partial charge in [-0.2, -0.15) is 0 Å². The van der Waals surface area contributed by atoms with Crippen molar-refractivity contribution in [2.75, 3.05) is 31.1 Å². The second-order valence-corrected chi connectivity index (χ2v) is 6.85. The van der Waals surface area contributed by atoms with E-state index in [1.165, 1.54) is 17.0 Å². The second-order valence-electron chi connectivity index (χ2n) is 6.85. The highest BCUT2D eigenvalue weighted by Gasteiger charge is 2.33. The number of aliphatic hydroxyl groups excluding tert-OH is 1. The van der Waals surface area contributed by atoms with Crippen LogP contribution in [0.15, 0.2) is 18.2 Å². The number of nitro benzene ring substituents is 1. The summed E-state index contributed by atoms with van der Waals surface area (Å²) in [6.07, 6.45) is -0.532. The van der Waals surface area contributed by atoms with Crippen LogP contribution in [-0.4, -0.2) is 58.9 Å². The number of rotatable bonds is 3. The maximum atomic E-state index is 14.2. The van der Waals surface area contributed by atoms with Crippen LogP contribution in [0.25, 0.3) is 0 Å². The number of carbonyl (C=O) groups is 1. The van der Waals surface area contributed by atoms with Crippen LogP contribution in [0.5, 0.6) is 0 Å². The summed E-state index contributed by atoms with van der Waals surface area (Å²) in [4.78, 5) is 25.4. The third-order valence-corrected chi connectivity index (χ3v) is 3.80. The molecule has 1 heterocycles. The number of benzene rings is 1. The van der Waals surface area contributed by atoms with Crippen LogP contribution in [-0.2, 0) is 4.74 Å². The summed E-state index contributed by atoms with van der Waals surface area (Å²) >= 11 is 0. The van der Waals surface area contributed by atoms with Crippen LogP contribution in [0, 0.1) is 15.9 Å². The van der Waals surface area contributed by atoms with Crippen LogP contribution in [0.1, 0.15) is 20.8 Å². The Morgan fingerprint density at radius 1 is 1.44 bits per heavy atom. The smallest absolute Gasteiger partial charge is 0.410 e. The van der Waals surface area contributed by atoms with Gasteiger partial charge in [0.1, 0.15) is 5.60 Å². The molecule has 1 aromatic carbocycles. The van der Waals surface area contributed by atoms with E-state index in [1.807, 2.05) is 0 Å². The van der Waals surface area contributed by atoms with Crippen LogP contribution >= 0.6 is 0 Å². The zero-order valence-electron chi connectivity index (χ0n) is 14.4. The molecule has 1 fully saturated rings. The zero-order chi connectivity index (χ0) is 18.8. The quantitative estimate of drug-likeness (QED) is 0.659. The molecular weight excluding hydrogens is 333 g/mol. The molecule has 138 valence electrons. The Labute approximate surface area is 144 Å². The zero-order valence-corrected chi connectivity index (χ0v) is 14.4. The monoisotopic (exact) mass is 355 g/mol. The molecule has 0 unspecified atom stereocenters. The number of hydrogen-bond donors (Lipinski definition) is 1. The largest absolute Gasteiger partial charge is 0.444 e. The Morgan fingerprint density at radius 2 is 2.12 bits per heavy atom. The first-order chi connectivity index (χ1) is 11.6. The predicted molar refractivity (Wildman–Crippen MR) is 89.1 cm³/mol. The number of anilines is 1. The second kappa shape index (κ2) is 7.22. The number of non-ortho nitro benzene ring substituents is 1. The fourth-order valence-corrected chi connectivity index (χ4v) is 2.66. The third kappa shape index (κ3) is 4.56. The molecule has 1 atom stereocenters. The molecule has 0 bridgehead atoms. The van der Waals surface area contributed by atoms with E-state index in [9.17, 15) is 24.4 Å². The molecule has 1 amide bonds. The van der Waals surface area contributed by atoms with Gasteiger partial charge in [0, 0.05) is 25.7 Å². The number of nitrogens with zero attached hydrogens (tertiary/aromatic N) is 3. The first-order valence-electron chi connectivity index (χ1n) is 7.91. The first-order valence-corrected chi connectivity index (χ1v) is 7.91. The van der Waals surface area contributed by atoms with E-state index >= 15 is 0 Å². The molecule has 1 N–H and O–H groups in total. The van der Waals surface area contributed by atoms with E-state index in [0.29, 0.717) is 6.54 Å². The first kappa shape index (κ1) is 18.9. The summed E-state index contributed by atoms with van der Waals surface area (Å²) in [6, 6.07) is 2.87. The Bertz CT molecular complexity index is 662. The highest BCUT2D eigenvalue weighted by atomic mass is 19.1. The minimum Gasteiger partial charge on any atom is -0.444 e. The van der Waals surface area contributed by atoms with Gasteiger partial charge in [-0.25, -0.2) is 9.18 Å². The number of nitro groups is 1. The number of hydrogen-bond acceptors (Lipinski definition) is 6. The fourth-order valence-electron chi connectivity index (χ4n) is 2.66. The van der Waals surface area contributed by atoms with Crippen molar-refractivity contribution >= 4 is 17.5 Å². The summed E-state index contributed by atoms with van der Waals surface area (Å²) in [5.74, 6) is -0.711. The summed E-state index contributed by atoms with van der Waals surface area (Å²) in [6.45, 7) is 5.72. The van der Waals surface area contributed by atoms with E-state index in [0.717, 1.165) is 6.07 Å². The molecule has 0 aliphatic carbocycles. The lowest BCUT2D eigenvalue weighted by Gasteiger charge is -2.41. The van der Waals surface area contributed by atoms with Crippen LogP contribution < -0.4 is 4.90 Å². The van der Waals surface area contributed by atoms with E-state index in [4.69, 9.17) is 4.74 Å². The van der Waals surface area contributed by atoms with E-state index in [2.05, 4.69) is 0 Å². The van der Waals surface area contributed by atoms with Gasteiger partial charge in [-0.05, 0) is 26.8 Å². The van der Waals surface area contributed by atoms with Gasteiger partial charge in [0.05, 0.1) is 29.3 Å². The maximum absolute atomic E-state index is 14.2. The topological polar surface area (TPSA) is 96.2 Å². The molecule has 9 heteroatoms. The third-order valence-electron chi connectivity index (χ3n) is 3.80. The molecule has 0 saturated carbocycles.